The molecule has 0 radical (unpaired) electrons. The number of nitrogens with zero attached hydrogens (tertiary/aromatic N) is 1. The first-order chi connectivity index (χ1) is 9.23. The highest BCUT2D eigenvalue weighted by atomic mass is 32.2. The van der Waals surface area contributed by atoms with Crippen LogP contribution in [0.3, 0.4) is 0 Å². The molecule has 2 atom stereocenters. The van der Waals surface area contributed by atoms with Crippen LogP contribution in [0.5, 0.6) is 0 Å². The van der Waals surface area contributed by atoms with Crippen molar-refractivity contribution in [2.24, 2.45) is 5.92 Å². The van der Waals surface area contributed by atoms with Crippen molar-refractivity contribution < 1.29 is 12.8 Å². The van der Waals surface area contributed by atoms with Crippen molar-refractivity contribution in [3.63, 3.8) is 0 Å². The Hall–Kier alpha value is -0.940. The van der Waals surface area contributed by atoms with Crippen molar-refractivity contribution in [3.05, 3.63) is 29.1 Å². The fraction of sp³-hybridized carbons (Fsp3) is 0.600. The number of rotatable bonds is 2. The fourth-order valence-corrected chi connectivity index (χ4v) is 5.20. The van der Waals surface area contributed by atoms with Crippen LogP contribution in [0.1, 0.15) is 37.8 Å². The Morgan fingerprint density at radius 2 is 1.70 bits per heavy atom. The topological polar surface area (TPSA) is 37.4 Å². The molecule has 1 aromatic carbocycles. The molecule has 0 saturated carbocycles. The van der Waals surface area contributed by atoms with Gasteiger partial charge in [0.25, 0.3) is 0 Å². The van der Waals surface area contributed by atoms with Gasteiger partial charge >= 0.3 is 0 Å². The van der Waals surface area contributed by atoms with Crippen LogP contribution in [0.2, 0.25) is 0 Å². The Balaban J connectivity index is 2.50. The summed E-state index contributed by atoms with van der Waals surface area (Å²) in [5.74, 6) is -0.0268. The van der Waals surface area contributed by atoms with Gasteiger partial charge in [-0.3, -0.25) is 0 Å². The second kappa shape index (κ2) is 5.45. The summed E-state index contributed by atoms with van der Waals surface area (Å²) < 4.78 is 40.7. The predicted octanol–water partition coefficient (Wildman–Crippen LogP) is 3.25. The van der Waals surface area contributed by atoms with Crippen molar-refractivity contribution in [2.45, 2.75) is 51.5 Å². The molecule has 1 fully saturated rings. The predicted molar refractivity (Wildman–Crippen MR) is 77.6 cm³/mol. The van der Waals surface area contributed by atoms with Gasteiger partial charge in [-0.05, 0) is 62.8 Å². The molecule has 1 aliphatic rings. The van der Waals surface area contributed by atoms with Crippen LogP contribution in [0, 0.1) is 25.6 Å². The molecule has 3 nitrogen and oxygen atoms in total. The molecule has 1 aliphatic heterocycles. The van der Waals surface area contributed by atoms with Gasteiger partial charge in [0.05, 0.1) is 4.90 Å². The number of piperidine rings is 1. The molecule has 0 aliphatic carbocycles. The Morgan fingerprint density at radius 1 is 1.15 bits per heavy atom. The zero-order valence-electron chi connectivity index (χ0n) is 12.5. The maximum Gasteiger partial charge on any atom is 0.243 e. The van der Waals surface area contributed by atoms with Crippen LogP contribution < -0.4 is 0 Å². The van der Waals surface area contributed by atoms with Crippen LogP contribution in [-0.2, 0) is 10.0 Å². The van der Waals surface area contributed by atoms with Gasteiger partial charge in [-0.1, -0.05) is 6.92 Å². The Bertz CT molecular complexity index is 589. The van der Waals surface area contributed by atoms with E-state index >= 15 is 0 Å². The molecular weight excluding hydrogens is 277 g/mol. The van der Waals surface area contributed by atoms with Crippen LogP contribution in [-0.4, -0.2) is 25.3 Å². The van der Waals surface area contributed by atoms with Gasteiger partial charge in [0, 0.05) is 12.6 Å². The van der Waals surface area contributed by atoms with Gasteiger partial charge in [-0.25, -0.2) is 12.8 Å². The summed E-state index contributed by atoms with van der Waals surface area (Å²) >= 11 is 0. The van der Waals surface area contributed by atoms with Crippen LogP contribution >= 0.6 is 0 Å². The molecule has 20 heavy (non-hydrogen) atoms. The Kier molecular flexibility index (Phi) is 4.21. The van der Waals surface area contributed by atoms with Crippen LogP contribution in [0.4, 0.5) is 4.39 Å². The van der Waals surface area contributed by atoms with E-state index in [1.165, 1.54) is 12.1 Å². The number of sulfonamides is 1. The number of hydrogen-bond acceptors (Lipinski definition) is 2. The van der Waals surface area contributed by atoms with Crippen molar-refractivity contribution in [1.29, 1.82) is 0 Å². The highest BCUT2D eigenvalue weighted by Crippen LogP contribution is 2.31. The molecule has 2 unspecified atom stereocenters. The number of benzene rings is 1. The third-order valence-corrected chi connectivity index (χ3v) is 6.34. The number of aryl methyl sites for hydroxylation is 2. The average Bonchev–Trinajstić information content (AvgIpc) is 2.30. The second-order valence-corrected chi connectivity index (χ2v) is 7.80. The monoisotopic (exact) mass is 299 g/mol. The first-order valence-electron chi connectivity index (χ1n) is 7.02. The van der Waals surface area contributed by atoms with Gasteiger partial charge in [-0.15, -0.1) is 0 Å². The number of hydrogen-bond donors (Lipinski definition) is 0. The number of halogens is 1. The lowest BCUT2D eigenvalue weighted by atomic mass is 9.97. The molecule has 5 heteroatoms. The minimum absolute atomic E-state index is 0.0000491. The molecule has 0 amide bonds. The summed E-state index contributed by atoms with van der Waals surface area (Å²) in [7, 11) is -3.56. The van der Waals surface area contributed by atoms with E-state index < -0.39 is 10.0 Å². The van der Waals surface area contributed by atoms with E-state index in [1.807, 2.05) is 6.92 Å². The minimum Gasteiger partial charge on any atom is -0.207 e. The smallest absolute Gasteiger partial charge is 0.207 e. The highest BCUT2D eigenvalue weighted by molar-refractivity contribution is 7.89. The lowest BCUT2D eigenvalue weighted by molar-refractivity contribution is 0.218. The normalized spacial score (nSPS) is 24.9. The maximum absolute atomic E-state index is 13.4. The maximum atomic E-state index is 13.4. The second-order valence-electron chi connectivity index (χ2n) is 5.97. The van der Waals surface area contributed by atoms with Crippen molar-refractivity contribution in [2.75, 3.05) is 6.54 Å². The van der Waals surface area contributed by atoms with E-state index in [2.05, 4.69) is 6.92 Å². The molecule has 0 bridgehead atoms. The molecule has 0 spiro atoms. The molecule has 1 saturated heterocycles. The third kappa shape index (κ3) is 2.74. The molecule has 0 aromatic heterocycles. The van der Waals surface area contributed by atoms with Crippen molar-refractivity contribution >= 4 is 10.0 Å². The van der Waals surface area contributed by atoms with Gasteiger partial charge in [-0.2, -0.15) is 4.31 Å². The zero-order valence-corrected chi connectivity index (χ0v) is 13.3. The van der Waals surface area contributed by atoms with E-state index in [0.717, 1.165) is 12.8 Å². The van der Waals surface area contributed by atoms with Gasteiger partial charge < -0.3 is 0 Å². The Morgan fingerprint density at radius 3 is 2.25 bits per heavy atom. The van der Waals surface area contributed by atoms with E-state index in [1.54, 1.807) is 18.2 Å². The van der Waals surface area contributed by atoms with E-state index in [-0.39, 0.29) is 16.8 Å². The van der Waals surface area contributed by atoms with E-state index in [4.69, 9.17) is 0 Å². The van der Waals surface area contributed by atoms with Gasteiger partial charge in [0.2, 0.25) is 10.0 Å². The van der Waals surface area contributed by atoms with Crippen molar-refractivity contribution in [3.8, 4) is 0 Å². The van der Waals surface area contributed by atoms with E-state index in [0.29, 0.717) is 23.6 Å². The van der Waals surface area contributed by atoms with Crippen LogP contribution in [0.15, 0.2) is 17.0 Å². The molecule has 2 rings (SSSR count). The molecule has 0 N–H and O–H groups in total. The zero-order chi connectivity index (χ0) is 15.1. The third-order valence-electron chi connectivity index (χ3n) is 4.05. The highest BCUT2D eigenvalue weighted by Gasteiger charge is 2.35. The average molecular weight is 299 g/mol. The molecular formula is C15H22FNO2S. The first kappa shape index (κ1) is 15.4. The molecule has 112 valence electrons. The SMILES string of the molecule is Cc1cc(F)cc(C)c1S(=O)(=O)N1CC(C)CCC1C. The fourth-order valence-electron chi connectivity index (χ4n) is 3.00. The summed E-state index contributed by atoms with van der Waals surface area (Å²) in [5.41, 5.74) is 0.959. The lowest BCUT2D eigenvalue weighted by Gasteiger charge is -2.36. The standard InChI is InChI=1S/C15H22FNO2S/c1-10-5-6-13(4)17(9-10)20(18,19)15-11(2)7-14(16)8-12(15)3/h7-8,10,13H,5-6,9H2,1-4H3. The summed E-state index contributed by atoms with van der Waals surface area (Å²) in [5, 5.41) is 0. The molecule has 1 aromatic rings. The van der Waals surface area contributed by atoms with E-state index in [9.17, 15) is 12.8 Å². The summed E-state index contributed by atoms with van der Waals surface area (Å²) in [6.07, 6.45) is 1.92. The quantitative estimate of drug-likeness (QED) is 0.840. The minimum atomic E-state index is -3.56. The van der Waals surface area contributed by atoms with Gasteiger partial charge in [0.1, 0.15) is 5.82 Å². The largest absolute Gasteiger partial charge is 0.243 e. The molecule has 1 heterocycles. The first-order valence-corrected chi connectivity index (χ1v) is 8.46. The summed E-state index contributed by atoms with van der Waals surface area (Å²) in [4.78, 5) is 0.264. The Labute approximate surface area is 120 Å². The lowest BCUT2D eigenvalue weighted by Crippen LogP contribution is -2.45. The van der Waals surface area contributed by atoms with Crippen molar-refractivity contribution in [1.82, 2.24) is 4.31 Å². The summed E-state index contributed by atoms with van der Waals surface area (Å²) in [6, 6.07) is 2.58. The van der Waals surface area contributed by atoms with Crippen LogP contribution in [0.25, 0.3) is 0 Å². The summed E-state index contributed by atoms with van der Waals surface area (Å²) in [6.45, 7) is 7.86. The van der Waals surface area contributed by atoms with Gasteiger partial charge in [0.15, 0.2) is 0 Å².